The lowest BCUT2D eigenvalue weighted by Gasteiger charge is -2.11. The molecule has 35 heavy (non-hydrogen) atoms. The van der Waals surface area contributed by atoms with Crippen molar-refractivity contribution in [2.75, 3.05) is 11.1 Å². The molecule has 5 nitrogen and oxygen atoms in total. The summed E-state index contributed by atoms with van der Waals surface area (Å²) in [6.07, 6.45) is 2.88. The minimum atomic E-state index is -0.132. The molecule has 0 unspecified atom stereocenters. The van der Waals surface area contributed by atoms with Gasteiger partial charge < -0.3 is 16.5 Å². The molecule has 3 aromatic carbocycles. The van der Waals surface area contributed by atoms with Crippen LogP contribution in [0.15, 0.2) is 91.1 Å². The van der Waals surface area contributed by atoms with Crippen LogP contribution in [-0.2, 0) is 6.42 Å². The number of rotatable bonds is 6. The highest BCUT2D eigenvalue weighted by Gasteiger charge is 2.11. The largest absolute Gasteiger partial charge is 0.398 e. The van der Waals surface area contributed by atoms with Gasteiger partial charge in [0.15, 0.2) is 0 Å². The van der Waals surface area contributed by atoms with E-state index in [4.69, 9.17) is 11.1 Å². The van der Waals surface area contributed by atoms with E-state index < -0.39 is 0 Å². The van der Waals surface area contributed by atoms with Crippen LogP contribution >= 0.6 is 0 Å². The number of carbonyl (C=O) groups is 1. The number of aromatic nitrogens is 1. The maximum absolute atomic E-state index is 12.4. The normalized spacial score (nSPS) is 10.1. The molecule has 0 radical (unpaired) electrons. The number of amides is 1. The van der Waals surface area contributed by atoms with Crippen molar-refractivity contribution < 1.29 is 7.65 Å². The number of aryl methyl sites for hydroxylation is 4. The minimum Gasteiger partial charge on any atom is -0.398 e. The lowest BCUT2D eigenvalue weighted by molar-refractivity contribution is 0.102. The minimum absolute atomic E-state index is 0. The van der Waals surface area contributed by atoms with Crippen LogP contribution in [0.5, 0.6) is 0 Å². The van der Waals surface area contributed by atoms with Gasteiger partial charge in [-0.3, -0.25) is 9.78 Å². The Morgan fingerprint density at radius 3 is 2.29 bits per heavy atom. The first kappa shape index (κ1) is 25.4. The summed E-state index contributed by atoms with van der Waals surface area (Å²) in [5.41, 5.74) is 13.3. The van der Waals surface area contributed by atoms with Gasteiger partial charge in [-0.1, -0.05) is 65.7 Å². The number of benzene rings is 3. The Morgan fingerprint density at radius 1 is 0.914 bits per heavy atom. The van der Waals surface area contributed by atoms with E-state index in [9.17, 15) is 4.79 Å². The smallest absolute Gasteiger partial charge is 0.255 e. The molecule has 1 heterocycles. The first-order valence-electron chi connectivity index (χ1n) is 11.6. The monoisotopic (exact) mass is 468 g/mol. The molecule has 1 aromatic heterocycles. The standard InChI is InChI=1S/C23H24N4O.C7H8.2H2/c1-15-5-3-7-18(13-15)23(28)27-19-8-4-6-17(14-19)9-10-20(24)22-16(2)26-12-11-21(22)25;1-7-5-3-2-4-6-7;;/h3-8,11-14,24H,9-10H2,1-2H3,(H2,25,26)(H,27,28);2-6H,1H3;2*1H. The number of nitrogens with one attached hydrogen (secondary N) is 2. The van der Waals surface area contributed by atoms with Gasteiger partial charge in [0.1, 0.15) is 0 Å². The van der Waals surface area contributed by atoms with Crippen molar-refractivity contribution in [1.29, 1.82) is 5.41 Å². The summed E-state index contributed by atoms with van der Waals surface area (Å²) in [5.74, 6) is -0.132. The average Bonchev–Trinajstić information content (AvgIpc) is 2.84. The van der Waals surface area contributed by atoms with Crippen LogP contribution in [0.1, 0.15) is 47.6 Å². The fourth-order valence-electron chi connectivity index (χ4n) is 3.70. The third kappa shape index (κ3) is 7.64. The Kier molecular flexibility index (Phi) is 8.90. The zero-order chi connectivity index (χ0) is 25.2. The van der Waals surface area contributed by atoms with Gasteiger partial charge in [0, 0.05) is 43.0 Å². The lowest BCUT2D eigenvalue weighted by Crippen LogP contribution is -2.12. The highest BCUT2D eigenvalue weighted by Crippen LogP contribution is 2.19. The van der Waals surface area contributed by atoms with Gasteiger partial charge >= 0.3 is 0 Å². The van der Waals surface area contributed by atoms with Crippen molar-refractivity contribution in [2.24, 2.45) is 0 Å². The number of nitrogens with two attached hydrogens (primary N) is 1. The van der Waals surface area contributed by atoms with E-state index in [1.165, 1.54) is 5.56 Å². The van der Waals surface area contributed by atoms with Crippen LogP contribution in [0, 0.1) is 26.2 Å². The molecular formula is C30H36N4O. The molecule has 4 N–H and O–H groups in total. The summed E-state index contributed by atoms with van der Waals surface area (Å²) in [6.45, 7) is 5.91. The van der Waals surface area contributed by atoms with Crippen molar-refractivity contribution in [3.8, 4) is 0 Å². The van der Waals surface area contributed by atoms with Crippen molar-refractivity contribution in [3.05, 3.63) is 125 Å². The summed E-state index contributed by atoms with van der Waals surface area (Å²) in [4.78, 5) is 16.7. The summed E-state index contributed by atoms with van der Waals surface area (Å²) < 4.78 is 0. The van der Waals surface area contributed by atoms with Crippen LogP contribution in [0.25, 0.3) is 0 Å². The van der Waals surface area contributed by atoms with Gasteiger partial charge in [-0.2, -0.15) is 0 Å². The Balaban J connectivity index is 0.000000660. The second-order valence-electron chi connectivity index (χ2n) is 8.52. The van der Waals surface area contributed by atoms with E-state index in [0.717, 1.165) is 22.5 Å². The van der Waals surface area contributed by atoms with Crippen LogP contribution in [0.2, 0.25) is 0 Å². The number of hydrogen-bond donors (Lipinski definition) is 3. The van der Waals surface area contributed by atoms with E-state index in [-0.39, 0.29) is 8.76 Å². The van der Waals surface area contributed by atoms with Gasteiger partial charge in [0.25, 0.3) is 5.91 Å². The fourth-order valence-corrected chi connectivity index (χ4v) is 3.70. The summed E-state index contributed by atoms with van der Waals surface area (Å²) >= 11 is 0. The molecule has 0 bridgehead atoms. The molecule has 0 spiro atoms. The highest BCUT2D eigenvalue weighted by molar-refractivity contribution is 6.04. The molecule has 4 rings (SSSR count). The predicted molar refractivity (Wildman–Crippen MR) is 150 cm³/mol. The topological polar surface area (TPSA) is 91.9 Å². The van der Waals surface area contributed by atoms with E-state index in [2.05, 4.69) is 29.4 Å². The number of pyridine rings is 1. The second-order valence-corrected chi connectivity index (χ2v) is 8.52. The molecule has 0 atom stereocenters. The van der Waals surface area contributed by atoms with Gasteiger partial charge in [-0.15, -0.1) is 0 Å². The fraction of sp³-hybridized carbons (Fsp3) is 0.167. The van der Waals surface area contributed by atoms with Crippen LogP contribution in [0.4, 0.5) is 11.4 Å². The van der Waals surface area contributed by atoms with E-state index in [1.54, 1.807) is 18.3 Å². The van der Waals surface area contributed by atoms with Crippen molar-refractivity contribution in [3.63, 3.8) is 0 Å². The maximum atomic E-state index is 12.4. The Hall–Kier alpha value is -4.25. The molecule has 0 saturated heterocycles. The van der Waals surface area contributed by atoms with Crippen molar-refractivity contribution in [2.45, 2.75) is 33.6 Å². The number of hydrogen-bond acceptors (Lipinski definition) is 4. The summed E-state index contributed by atoms with van der Waals surface area (Å²) in [6, 6.07) is 27.2. The van der Waals surface area contributed by atoms with Crippen molar-refractivity contribution in [1.82, 2.24) is 4.98 Å². The predicted octanol–water partition coefficient (Wildman–Crippen LogP) is 7.02. The zero-order valence-corrected chi connectivity index (χ0v) is 20.5. The number of nitrogens with zero attached hydrogens (tertiary/aromatic N) is 1. The highest BCUT2D eigenvalue weighted by atomic mass is 16.1. The Bertz CT molecular complexity index is 1290. The molecule has 4 aromatic rings. The molecule has 0 fully saturated rings. The van der Waals surface area contributed by atoms with E-state index >= 15 is 0 Å². The molecule has 1 amide bonds. The molecule has 5 heteroatoms. The lowest BCUT2D eigenvalue weighted by atomic mass is 9.99. The Labute approximate surface area is 210 Å². The second kappa shape index (κ2) is 12.3. The van der Waals surface area contributed by atoms with Crippen LogP contribution in [0.3, 0.4) is 0 Å². The van der Waals surface area contributed by atoms with Crippen LogP contribution < -0.4 is 11.1 Å². The summed E-state index contributed by atoms with van der Waals surface area (Å²) in [7, 11) is 0. The molecule has 0 aliphatic carbocycles. The van der Waals surface area contributed by atoms with Crippen molar-refractivity contribution >= 4 is 23.0 Å². The van der Waals surface area contributed by atoms with Gasteiger partial charge in [-0.05, 0) is 69.5 Å². The molecule has 0 aliphatic rings. The quantitative estimate of drug-likeness (QED) is 0.265. The summed E-state index contributed by atoms with van der Waals surface area (Å²) in [5, 5.41) is 11.3. The third-order valence-corrected chi connectivity index (χ3v) is 5.54. The maximum Gasteiger partial charge on any atom is 0.255 e. The molecule has 0 saturated carbocycles. The molecular weight excluding hydrogens is 432 g/mol. The first-order valence-corrected chi connectivity index (χ1v) is 11.6. The molecule has 0 aliphatic heterocycles. The third-order valence-electron chi connectivity index (χ3n) is 5.54. The number of nitrogen functional groups attached to an aromatic ring is 1. The van der Waals surface area contributed by atoms with E-state index in [1.807, 2.05) is 74.5 Å². The number of anilines is 2. The Morgan fingerprint density at radius 2 is 1.63 bits per heavy atom. The first-order chi connectivity index (χ1) is 16.8. The SMILES string of the molecule is Cc1cccc(C(=O)Nc2cccc(CCC(=N)c3c(N)ccnc3C)c2)c1.Cc1ccccc1.[HH].[HH]. The molecule has 182 valence electrons. The zero-order valence-electron chi connectivity index (χ0n) is 20.5. The van der Waals surface area contributed by atoms with Gasteiger partial charge in [0.2, 0.25) is 0 Å². The average molecular weight is 469 g/mol. The van der Waals surface area contributed by atoms with E-state index in [0.29, 0.717) is 35.4 Å². The van der Waals surface area contributed by atoms with Crippen LogP contribution in [-0.4, -0.2) is 16.6 Å². The number of carbonyl (C=O) groups excluding carboxylic acids is 1. The van der Waals surface area contributed by atoms with Gasteiger partial charge in [-0.25, -0.2) is 0 Å². The van der Waals surface area contributed by atoms with Gasteiger partial charge in [0.05, 0.1) is 0 Å².